The van der Waals surface area contributed by atoms with Crippen LogP contribution in [0, 0.1) is 5.92 Å². The highest BCUT2D eigenvalue weighted by Crippen LogP contribution is 2.21. The van der Waals surface area contributed by atoms with Gasteiger partial charge in [0.05, 0.1) is 5.60 Å². The maximum Gasteiger partial charge on any atom is 0.185 e. The first-order valence-electron chi connectivity index (χ1n) is 6.58. The second-order valence-electron chi connectivity index (χ2n) is 5.59. The van der Waals surface area contributed by atoms with Gasteiger partial charge in [0.25, 0.3) is 0 Å². The van der Waals surface area contributed by atoms with Crippen molar-refractivity contribution in [3.63, 3.8) is 0 Å². The van der Waals surface area contributed by atoms with Crippen molar-refractivity contribution in [1.29, 1.82) is 0 Å². The summed E-state index contributed by atoms with van der Waals surface area (Å²) in [7, 11) is 0. The highest BCUT2D eigenvalue weighted by atomic mass is 32.1. The Morgan fingerprint density at radius 2 is 2.06 bits per heavy atom. The number of nitrogens with zero attached hydrogens (tertiary/aromatic N) is 3. The standard InChI is InChI=1S/C13H23N3OS/c1-11(2)13(3,17)10-15-5-7-16(8-6-15)12-14-4-9-18-12/h4,9,11,17H,5-8,10H2,1-3H3. The topological polar surface area (TPSA) is 39.6 Å². The summed E-state index contributed by atoms with van der Waals surface area (Å²) in [5.74, 6) is 0.287. The van der Waals surface area contributed by atoms with Gasteiger partial charge in [-0.05, 0) is 12.8 Å². The molecule has 2 heterocycles. The monoisotopic (exact) mass is 269 g/mol. The lowest BCUT2D eigenvalue weighted by molar-refractivity contribution is -0.0198. The van der Waals surface area contributed by atoms with Crippen molar-refractivity contribution in [2.75, 3.05) is 37.6 Å². The van der Waals surface area contributed by atoms with Crippen LogP contribution in [0.4, 0.5) is 5.13 Å². The van der Waals surface area contributed by atoms with Gasteiger partial charge in [-0.15, -0.1) is 11.3 Å². The average molecular weight is 269 g/mol. The zero-order valence-corrected chi connectivity index (χ0v) is 12.3. The van der Waals surface area contributed by atoms with Crippen molar-refractivity contribution in [2.45, 2.75) is 26.4 Å². The van der Waals surface area contributed by atoms with E-state index >= 15 is 0 Å². The Morgan fingerprint density at radius 1 is 1.39 bits per heavy atom. The van der Waals surface area contributed by atoms with Crippen molar-refractivity contribution < 1.29 is 5.11 Å². The Labute approximate surface area is 113 Å². The van der Waals surface area contributed by atoms with Crippen LogP contribution >= 0.6 is 11.3 Å². The molecule has 1 aliphatic rings. The maximum atomic E-state index is 10.3. The zero-order chi connectivity index (χ0) is 13.2. The highest BCUT2D eigenvalue weighted by Gasteiger charge is 2.29. The Bertz CT molecular complexity index is 356. The molecule has 2 rings (SSSR count). The molecule has 1 fully saturated rings. The molecule has 1 aromatic rings. The van der Waals surface area contributed by atoms with E-state index in [1.54, 1.807) is 11.3 Å². The number of piperazine rings is 1. The van der Waals surface area contributed by atoms with Crippen molar-refractivity contribution in [3.8, 4) is 0 Å². The average Bonchev–Trinajstić information content (AvgIpc) is 2.83. The molecule has 0 amide bonds. The Hall–Kier alpha value is -0.650. The van der Waals surface area contributed by atoms with Crippen LogP contribution in [0.5, 0.6) is 0 Å². The molecule has 1 unspecified atom stereocenters. The van der Waals surface area contributed by atoms with Crippen molar-refractivity contribution in [1.82, 2.24) is 9.88 Å². The molecule has 1 aromatic heterocycles. The first-order chi connectivity index (χ1) is 8.49. The van der Waals surface area contributed by atoms with Gasteiger partial charge in [-0.3, -0.25) is 4.90 Å². The first kappa shape index (κ1) is 13.8. The molecule has 4 nitrogen and oxygen atoms in total. The van der Waals surface area contributed by atoms with E-state index in [0.29, 0.717) is 0 Å². The normalized spacial score (nSPS) is 21.3. The lowest BCUT2D eigenvalue weighted by Gasteiger charge is -2.39. The molecule has 1 atom stereocenters. The molecule has 5 heteroatoms. The van der Waals surface area contributed by atoms with Gasteiger partial charge in [-0.1, -0.05) is 13.8 Å². The van der Waals surface area contributed by atoms with Crippen LogP contribution in [0.3, 0.4) is 0 Å². The van der Waals surface area contributed by atoms with Gasteiger partial charge in [-0.2, -0.15) is 0 Å². The molecule has 18 heavy (non-hydrogen) atoms. The number of aliphatic hydroxyl groups is 1. The van der Waals surface area contributed by atoms with E-state index in [9.17, 15) is 5.11 Å². The van der Waals surface area contributed by atoms with Crippen molar-refractivity contribution >= 4 is 16.5 Å². The molecule has 1 N–H and O–H groups in total. The summed E-state index contributed by atoms with van der Waals surface area (Å²) in [4.78, 5) is 9.02. The summed E-state index contributed by atoms with van der Waals surface area (Å²) in [5.41, 5.74) is -0.594. The van der Waals surface area contributed by atoms with Gasteiger partial charge in [0.15, 0.2) is 5.13 Å². The lowest BCUT2D eigenvalue weighted by Crippen LogP contribution is -2.52. The fraction of sp³-hybridized carbons (Fsp3) is 0.769. The summed E-state index contributed by atoms with van der Waals surface area (Å²) in [5, 5.41) is 13.5. The molecule has 0 radical (unpaired) electrons. The fourth-order valence-electron chi connectivity index (χ4n) is 2.10. The number of hydrogen-bond acceptors (Lipinski definition) is 5. The number of β-amino-alcohol motifs (C(OH)–C–C–N with tert-alkyl or cyclic N) is 1. The van der Waals surface area contributed by atoms with E-state index in [-0.39, 0.29) is 5.92 Å². The van der Waals surface area contributed by atoms with Gasteiger partial charge in [-0.25, -0.2) is 4.98 Å². The minimum Gasteiger partial charge on any atom is -0.389 e. The molecular weight excluding hydrogens is 246 g/mol. The Kier molecular flexibility index (Phi) is 4.25. The summed E-state index contributed by atoms with van der Waals surface area (Å²) in [6.45, 7) is 10.9. The molecule has 0 aromatic carbocycles. The number of rotatable bonds is 4. The van der Waals surface area contributed by atoms with Crippen LogP contribution in [0.2, 0.25) is 0 Å². The molecule has 1 saturated heterocycles. The van der Waals surface area contributed by atoms with E-state index in [1.807, 2.05) is 18.5 Å². The van der Waals surface area contributed by atoms with Crippen molar-refractivity contribution in [2.24, 2.45) is 5.92 Å². The highest BCUT2D eigenvalue weighted by molar-refractivity contribution is 7.13. The van der Waals surface area contributed by atoms with E-state index in [0.717, 1.165) is 37.9 Å². The number of anilines is 1. The van der Waals surface area contributed by atoms with Crippen LogP contribution in [-0.2, 0) is 0 Å². The third-order valence-electron chi connectivity index (χ3n) is 3.85. The fourth-order valence-corrected chi connectivity index (χ4v) is 2.80. The maximum absolute atomic E-state index is 10.3. The van der Waals surface area contributed by atoms with E-state index in [2.05, 4.69) is 28.6 Å². The van der Waals surface area contributed by atoms with E-state index in [4.69, 9.17) is 0 Å². The van der Waals surface area contributed by atoms with Gasteiger partial charge < -0.3 is 10.0 Å². The summed E-state index contributed by atoms with van der Waals surface area (Å²) >= 11 is 1.70. The molecule has 0 spiro atoms. The third kappa shape index (κ3) is 3.22. The smallest absolute Gasteiger partial charge is 0.185 e. The van der Waals surface area contributed by atoms with Crippen LogP contribution in [0.25, 0.3) is 0 Å². The van der Waals surface area contributed by atoms with Gasteiger partial charge in [0, 0.05) is 44.3 Å². The van der Waals surface area contributed by atoms with Crippen molar-refractivity contribution in [3.05, 3.63) is 11.6 Å². The predicted octanol–water partition coefficient (Wildman–Crippen LogP) is 1.67. The second-order valence-corrected chi connectivity index (χ2v) is 6.46. The number of thiazole rings is 1. The minimum atomic E-state index is -0.594. The molecule has 102 valence electrons. The third-order valence-corrected chi connectivity index (χ3v) is 4.68. The summed E-state index contributed by atoms with van der Waals surface area (Å²) < 4.78 is 0. The van der Waals surface area contributed by atoms with Gasteiger partial charge >= 0.3 is 0 Å². The first-order valence-corrected chi connectivity index (χ1v) is 7.46. The van der Waals surface area contributed by atoms with Gasteiger partial charge in [0.2, 0.25) is 0 Å². The lowest BCUT2D eigenvalue weighted by atomic mass is 9.92. The molecule has 0 bridgehead atoms. The Balaban J connectivity index is 1.84. The predicted molar refractivity (Wildman–Crippen MR) is 76.2 cm³/mol. The molecule has 0 aliphatic carbocycles. The SMILES string of the molecule is CC(C)C(C)(O)CN1CCN(c2nccs2)CC1. The number of hydrogen-bond donors (Lipinski definition) is 1. The van der Waals surface area contributed by atoms with Crippen LogP contribution in [0.1, 0.15) is 20.8 Å². The summed E-state index contributed by atoms with van der Waals surface area (Å²) in [6, 6.07) is 0. The second kappa shape index (κ2) is 5.55. The minimum absolute atomic E-state index is 0.287. The van der Waals surface area contributed by atoms with Crippen LogP contribution in [-0.4, -0.2) is 53.3 Å². The number of aromatic nitrogens is 1. The molecule has 1 aliphatic heterocycles. The molecular formula is C13H23N3OS. The molecule has 0 saturated carbocycles. The van der Waals surface area contributed by atoms with Crippen LogP contribution in [0.15, 0.2) is 11.6 Å². The zero-order valence-electron chi connectivity index (χ0n) is 11.5. The largest absolute Gasteiger partial charge is 0.389 e. The Morgan fingerprint density at radius 3 is 2.56 bits per heavy atom. The van der Waals surface area contributed by atoms with E-state index < -0.39 is 5.60 Å². The van der Waals surface area contributed by atoms with E-state index in [1.165, 1.54) is 0 Å². The summed E-state index contributed by atoms with van der Waals surface area (Å²) in [6.07, 6.45) is 1.86. The quantitative estimate of drug-likeness (QED) is 0.902. The van der Waals surface area contributed by atoms with Gasteiger partial charge in [0.1, 0.15) is 0 Å². The van der Waals surface area contributed by atoms with Crippen LogP contribution < -0.4 is 4.90 Å².